The summed E-state index contributed by atoms with van der Waals surface area (Å²) in [5.74, 6) is 1.48. The number of benzene rings is 2. The van der Waals surface area contributed by atoms with Gasteiger partial charge in [0, 0.05) is 29.0 Å². The fourth-order valence-corrected chi connectivity index (χ4v) is 3.77. The van der Waals surface area contributed by atoms with Gasteiger partial charge < -0.3 is 14.6 Å². The molecule has 0 atom stereocenters. The van der Waals surface area contributed by atoms with Crippen LogP contribution in [0.25, 0.3) is 10.6 Å². The largest absolute Gasteiger partial charge is 0.497 e. The maximum atomic E-state index is 12.8. The molecule has 0 aliphatic heterocycles. The van der Waals surface area contributed by atoms with Crippen LogP contribution in [0.2, 0.25) is 0 Å². The molecule has 0 saturated carbocycles. The number of methoxy groups -OCH3 is 1. The second-order valence-electron chi connectivity index (χ2n) is 6.48. The van der Waals surface area contributed by atoms with Crippen LogP contribution in [-0.4, -0.2) is 27.6 Å². The summed E-state index contributed by atoms with van der Waals surface area (Å²) in [6.45, 7) is 2.59. The van der Waals surface area contributed by atoms with Crippen molar-refractivity contribution in [3.8, 4) is 16.3 Å². The van der Waals surface area contributed by atoms with Crippen LogP contribution in [0.3, 0.4) is 0 Å². The van der Waals surface area contributed by atoms with Gasteiger partial charge in [0.15, 0.2) is 0 Å². The van der Waals surface area contributed by atoms with E-state index in [1.807, 2.05) is 66.2 Å². The number of nitrogens with zero attached hydrogens (tertiary/aromatic N) is 3. The average Bonchev–Trinajstić information content (AvgIpc) is 3.39. The van der Waals surface area contributed by atoms with Crippen LogP contribution in [0.4, 0.5) is 5.69 Å². The fourth-order valence-electron chi connectivity index (χ4n) is 2.97. The number of rotatable bonds is 6. The van der Waals surface area contributed by atoms with Crippen molar-refractivity contribution in [2.45, 2.75) is 13.5 Å². The second kappa shape index (κ2) is 8.28. The third-order valence-electron chi connectivity index (χ3n) is 4.60. The first-order chi connectivity index (χ1) is 14.1. The van der Waals surface area contributed by atoms with E-state index >= 15 is 0 Å². The monoisotopic (exact) mass is 404 g/mol. The predicted octanol–water partition coefficient (Wildman–Crippen LogP) is 4.62. The number of thiazole rings is 1. The van der Waals surface area contributed by atoms with Gasteiger partial charge in [-0.1, -0.05) is 18.2 Å². The Kier molecular flexibility index (Phi) is 5.39. The summed E-state index contributed by atoms with van der Waals surface area (Å²) >= 11 is 1.44. The number of imidazole rings is 1. The molecule has 7 heteroatoms. The van der Waals surface area contributed by atoms with Gasteiger partial charge in [0.25, 0.3) is 5.91 Å². The Hall–Kier alpha value is -3.45. The maximum Gasteiger partial charge on any atom is 0.275 e. The first-order valence-electron chi connectivity index (χ1n) is 9.11. The minimum absolute atomic E-state index is 0.226. The molecule has 0 radical (unpaired) electrons. The van der Waals surface area contributed by atoms with Crippen LogP contribution in [0, 0.1) is 6.92 Å². The highest BCUT2D eigenvalue weighted by molar-refractivity contribution is 7.13. The summed E-state index contributed by atoms with van der Waals surface area (Å²) in [6, 6.07) is 15.4. The van der Waals surface area contributed by atoms with Crippen molar-refractivity contribution in [2.75, 3.05) is 12.4 Å². The van der Waals surface area contributed by atoms with Gasteiger partial charge in [-0.3, -0.25) is 4.79 Å². The average molecular weight is 404 g/mol. The molecule has 146 valence electrons. The molecule has 2 heterocycles. The molecule has 6 nitrogen and oxygen atoms in total. The molecule has 0 fully saturated rings. The summed E-state index contributed by atoms with van der Waals surface area (Å²) in [6.07, 6.45) is 3.70. The lowest BCUT2D eigenvalue weighted by Gasteiger charge is -2.12. The summed E-state index contributed by atoms with van der Waals surface area (Å²) in [5, 5.41) is 5.56. The lowest BCUT2D eigenvalue weighted by Crippen LogP contribution is -2.14. The molecule has 2 aromatic heterocycles. The lowest BCUT2D eigenvalue weighted by molar-refractivity contribution is 0.102. The van der Waals surface area contributed by atoms with Crippen molar-refractivity contribution in [1.29, 1.82) is 0 Å². The van der Waals surface area contributed by atoms with Gasteiger partial charge in [-0.2, -0.15) is 0 Å². The summed E-state index contributed by atoms with van der Waals surface area (Å²) in [7, 11) is 1.63. The Morgan fingerprint density at radius 1 is 1.17 bits per heavy atom. The number of nitrogens with one attached hydrogen (secondary N) is 1. The predicted molar refractivity (Wildman–Crippen MR) is 115 cm³/mol. The maximum absolute atomic E-state index is 12.8. The van der Waals surface area contributed by atoms with E-state index in [2.05, 4.69) is 15.3 Å². The first-order valence-corrected chi connectivity index (χ1v) is 9.99. The molecule has 4 rings (SSSR count). The standard InChI is InChI=1S/C22H20N4O2S/c1-15-23-11-12-26(15)13-17-5-3-4-6-19(17)24-21(27)20-14-29-22(25-20)16-7-9-18(28-2)10-8-16/h3-12,14H,13H2,1-2H3,(H,24,27). The van der Waals surface area contributed by atoms with Gasteiger partial charge in [-0.25, -0.2) is 9.97 Å². The van der Waals surface area contributed by atoms with E-state index in [0.717, 1.165) is 33.4 Å². The quantitative estimate of drug-likeness (QED) is 0.509. The van der Waals surface area contributed by atoms with Crippen molar-refractivity contribution in [2.24, 2.45) is 0 Å². The number of anilines is 1. The van der Waals surface area contributed by atoms with Crippen LogP contribution in [0.1, 0.15) is 21.9 Å². The molecule has 0 aliphatic rings. The summed E-state index contributed by atoms with van der Waals surface area (Å²) in [5.41, 5.74) is 3.12. The van der Waals surface area contributed by atoms with E-state index in [4.69, 9.17) is 4.74 Å². The zero-order chi connectivity index (χ0) is 20.2. The molecule has 0 spiro atoms. The minimum atomic E-state index is -0.226. The number of amides is 1. The lowest BCUT2D eigenvalue weighted by atomic mass is 10.1. The van der Waals surface area contributed by atoms with Gasteiger partial charge in [0.05, 0.1) is 13.7 Å². The highest BCUT2D eigenvalue weighted by atomic mass is 32.1. The zero-order valence-electron chi connectivity index (χ0n) is 16.1. The number of hydrogen-bond acceptors (Lipinski definition) is 5. The van der Waals surface area contributed by atoms with Crippen LogP contribution >= 0.6 is 11.3 Å². The van der Waals surface area contributed by atoms with Crippen molar-refractivity contribution >= 4 is 22.9 Å². The van der Waals surface area contributed by atoms with E-state index < -0.39 is 0 Å². The topological polar surface area (TPSA) is 69.0 Å². The Bertz CT molecular complexity index is 1130. The van der Waals surface area contributed by atoms with E-state index in [0.29, 0.717) is 12.2 Å². The molecular weight excluding hydrogens is 384 g/mol. The second-order valence-corrected chi connectivity index (χ2v) is 7.34. The van der Waals surface area contributed by atoms with E-state index in [-0.39, 0.29) is 5.91 Å². The molecule has 0 aliphatic carbocycles. The molecule has 1 amide bonds. The minimum Gasteiger partial charge on any atom is -0.497 e. The highest BCUT2D eigenvalue weighted by Gasteiger charge is 2.14. The fraction of sp³-hybridized carbons (Fsp3) is 0.136. The van der Waals surface area contributed by atoms with Crippen LogP contribution in [0.15, 0.2) is 66.3 Å². The molecule has 0 unspecified atom stereocenters. The molecular formula is C22H20N4O2S. The van der Waals surface area contributed by atoms with Gasteiger partial charge in [-0.15, -0.1) is 11.3 Å². The van der Waals surface area contributed by atoms with Crippen molar-refractivity contribution in [1.82, 2.24) is 14.5 Å². The van der Waals surface area contributed by atoms with Crippen molar-refractivity contribution in [3.63, 3.8) is 0 Å². The number of carbonyl (C=O) groups excluding carboxylic acids is 1. The van der Waals surface area contributed by atoms with Crippen molar-refractivity contribution in [3.05, 3.63) is 83.4 Å². The van der Waals surface area contributed by atoms with Gasteiger partial charge in [-0.05, 0) is 42.8 Å². The third-order valence-corrected chi connectivity index (χ3v) is 5.50. The highest BCUT2D eigenvalue weighted by Crippen LogP contribution is 2.26. The van der Waals surface area contributed by atoms with E-state index in [1.54, 1.807) is 18.7 Å². The van der Waals surface area contributed by atoms with Crippen LogP contribution in [0.5, 0.6) is 5.75 Å². The third kappa shape index (κ3) is 4.20. The number of ether oxygens (including phenoxy) is 1. The molecule has 1 N–H and O–H groups in total. The van der Waals surface area contributed by atoms with Gasteiger partial charge >= 0.3 is 0 Å². The smallest absolute Gasteiger partial charge is 0.275 e. The molecule has 0 bridgehead atoms. The summed E-state index contributed by atoms with van der Waals surface area (Å²) in [4.78, 5) is 21.5. The SMILES string of the molecule is COc1ccc(-c2nc(C(=O)Nc3ccccc3Cn3ccnc3C)cs2)cc1. The Labute approximate surface area is 172 Å². The molecule has 2 aromatic carbocycles. The molecule has 0 saturated heterocycles. The first kappa shape index (κ1) is 18.9. The van der Waals surface area contributed by atoms with Gasteiger partial charge in [0.1, 0.15) is 22.3 Å². The summed E-state index contributed by atoms with van der Waals surface area (Å²) < 4.78 is 7.22. The van der Waals surface area contributed by atoms with Crippen LogP contribution in [-0.2, 0) is 6.54 Å². The Morgan fingerprint density at radius 3 is 2.69 bits per heavy atom. The molecule has 4 aromatic rings. The Balaban J connectivity index is 1.51. The number of para-hydroxylation sites is 1. The van der Waals surface area contributed by atoms with E-state index in [9.17, 15) is 4.79 Å². The number of carbonyl (C=O) groups is 1. The van der Waals surface area contributed by atoms with Crippen LogP contribution < -0.4 is 10.1 Å². The molecule has 29 heavy (non-hydrogen) atoms. The number of aromatic nitrogens is 3. The van der Waals surface area contributed by atoms with Gasteiger partial charge in [0.2, 0.25) is 0 Å². The van der Waals surface area contributed by atoms with Crippen molar-refractivity contribution < 1.29 is 9.53 Å². The zero-order valence-corrected chi connectivity index (χ0v) is 16.9. The number of hydrogen-bond donors (Lipinski definition) is 1. The van der Waals surface area contributed by atoms with E-state index in [1.165, 1.54) is 11.3 Å². The number of aryl methyl sites for hydroxylation is 1. The normalized spacial score (nSPS) is 10.7. The Morgan fingerprint density at radius 2 is 1.97 bits per heavy atom.